The number of oxime groups is 1. The fourth-order valence-corrected chi connectivity index (χ4v) is 3.68. The van der Waals surface area contributed by atoms with Gasteiger partial charge in [-0.05, 0) is 44.4 Å². The fourth-order valence-electron chi connectivity index (χ4n) is 2.78. The van der Waals surface area contributed by atoms with Gasteiger partial charge in [-0.1, -0.05) is 5.16 Å². The smallest absolute Gasteiger partial charge is 0.232 e. The molecule has 0 aliphatic carbocycles. The Morgan fingerprint density at radius 3 is 2.76 bits per heavy atom. The lowest BCUT2D eigenvalue weighted by atomic mass is 10.3. The van der Waals surface area contributed by atoms with E-state index in [1.165, 1.54) is 18.2 Å². The van der Waals surface area contributed by atoms with Gasteiger partial charge < -0.3 is 25.5 Å². The number of hydrogen-bond acceptors (Lipinski definition) is 10. The van der Waals surface area contributed by atoms with E-state index in [2.05, 4.69) is 51.7 Å². The summed E-state index contributed by atoms with van der Waals surface area (Å²) >= 11 is 3.08. The average Bonchev–Trinajstić information content (AvgIpc) is 3.24. The Hall–Kier alpha value is -2.98. The van der Waals surface area contributed by atoms with Crippen LogP contribution in [-0.2, 0) is 14.8 Å². The SMILES string of the molecule is CS(=O)(=O)NC(=NCCNc1nonc1C(=NO)Nc1ccc(F)c(Br)c1)N1CCOCC1. The molecule has 0 radical (unpaired) electrons. The zero-order valence-electron chi connectivity index (χ0n) is 17.5. The normalized spacial score (nSPS) is 15.4. The molecule has 2 aromatic rings. The topological polar surface area (TPSA) is 167 Å². The van der Waals surface area contributed by atoms with Crippen LogP contribution in [0.5, 0.6) is 0 Å². The van der Waals surface area contributed by atoms with Crippen LogP contribution in [0.4, 0.5) is 15.9 Å². The Labute approximate surface area is 197 Å². The predicted octanol–water partition coefficient (Wildman–Crippen LogP) is 0.868. The minimum absolute atomic E-state index is 0.0737. The predicted molar refractivity (Wildman–Crippen MR) is 122 cm³/mol. The first kappa shape index (κ1) is 24.7. The number of sulfonamides is 1. The van der Waals surface area contributed by atoms with E-state index in [9.17, 15) is 18.0 Å². The van der Waals surface area contributed by atoms with Gasteiger partial charge in [0.05, 0.1) is 30.5 Å². The molecule has 1 aromatic carbocycles. The Balaban J connectivity index is 1.64. The van der Waals surface area contributed by atoms with E-state index in [0.29, 0.717) is 32.0 Å². The van der Waals surface area contributed by atoms with Gasteiger partial charge in [0.25, 0.3) is 0 Å². The van der Waals surface area contributed by atoms with E-state index >= 15 is 0 Å². The van der Waals surface area contributed by atoms with E-state index < -0.39 is 15.8 Å². The third-order valence-electron chi connectivity index (χ3n) is 4.25. The van der Waals surface area contributed by atoms with Gasteiger partial charge in [0.2, 0.25) is 27.6 Å². The second-order valence-electron chi connectivity index (χ2n) is 6.77. The Bertz CT molecular complexity index is 1120. The van der Waals surface area contributed by atoms with Crippen LogP contribution in [0.2, 0.25) is 0 Å². The lowest BCUT2D eigenvalue weighted by Gasteiger charge is -2.29. The summed E-state index contributed by atoms with van der Waals surface area (Å²) in [6, 6.07) is 4.14. The summed E-state index contributed by atoms with van der Waals surface area (Å²) in [5.41, 5.74) is 0.501. The molecule has 180 valence electrons. The van der Waals surface area contributed by atoms with Crippen molar-refractivity contribution in [3.05, 3.63) is 34.2 Å². The molecule has 1 aromatic heterocycles. The van der Waals surface area contributed by atoms with Gasteiger partial charge in [-0.3, -0.25) is 9.71 Å². The number of guanidine groups is 1. The first-order valence-corrected chi connectivity index (χ1v) is 12.3. The summed E-state index contributed by atoms with van der Waals surface area (Å²) < 4.78 is 49.5. The van der Waals surface area contributed by atoms with Gasteiger partial charge in [0.15, 0.2) is 5.69 Å². The standard InChI is InChI=1S/C17H22BrFN8O5S/c1-33(29,30)26-17(27-6-8-31-9-7-27)21-5-4-20-15-14(24-32-25-15)16(23-28)22-11-2-3-13(19)12(18)10-11/h2-3,10,28H,4-9H2,1H3,(H,20,25)(H,21,26)(H,22,23). The van der Waals surface area contributed by atoms with E-state index in [-0.39, 0.29) is 40.9 Å². The van der Waals surface area contributed by atoms with Crippen molar-refractivity contribution in [3.8, 4) is 0 Å². The first-order valence-electron chi connectivity index (χ1n) is 9.62. The molecule has 1 saturated heterocycles. The Kier molecular flexibility index (Phi) is 8.40. The van der Waals surface area contributed by atoms with Crippen molar-refractivity contribution in [2.24, 2.45) is 10.1 Å². The molecule has 0 saturated carbocycles. The van der Waals surface area contributed by atoms with E-state index in [4.69, 9.17) is 9.37 Å². The zero-order valence-corrected chi connectivity index (χ0v) is 19.9. The number of nitrogens with one attached hydrogen (secondary N) is 3. The number of ether oxygens (including phenoxy) is 1. The molecule has 1 aliphatic heterocycles. The van der Waals surface area contributed by atoms with Crippen molar-refractivity contribution in [3.63, 3.8) is 0 Å². The highest BCUT2D eigenvalue weighted by Crippen LogP contribution is 2.21. The molecular weight excluding hydrogens is 527 g/mol. The summed E-state index contributed by atoms with van der Waals surface area (Å²) in [6.07, 6.45) is 1.05. The molecule has 13 nitrogen and oxygen atoms in total. The molecule has 3 rings (SSSR count). The van der Waals surface area contributed by atoms with Gasteiger partial charge in [-0.15, -0.1) is 0 Å². The van der Waals surface area contributed by atoms with Gasteiger partial charge in [0, 0.05) is 25.3 Å². The Morgan fingerprint density at radius 2 is 2.09 bits per heavy atom. The maximum atomic E-state index is 13.4. The quantitative estimate of drug-likeness (QED) is 0.128. The van der Waals surface area contributed by atoms with Gasteiger partial charge in [-0.25, -0.2) is 17.4 Å². The molecular formula is C17H22BrFN8O5S. The molecule has 4 N–H and O–H groups in total. The number of rotatable bonds is 7. The largest absolute Gasteiger partial charge is 0.409 e. The van der Waals surface area contributed by atoms with Crippen LogP contribution in [0, 0.1) is 5.82 Å². The average molecular weight is 549 g/mol. The number of anilines is 2. The van der Waals surface area contributed by atoms with Crippen LogP contribution in [0.15, 0.2) is 37.4 Å². The Morgan fingerprint density at radius 1 is 1.33 bits per heavy atom. The summed E-state index contributed by atoms with van der Waals surface area (Å²) in [5.74, 6) is -0.151. The number of halogens is 2. The second kappa shape index (κ2) is 11.2. The number of aliphatic imine (C=N–C) groups is 1. The number of amidine groups is 1. The molecule has 0 amide bonds. The third-order valence-corrected chi connectivity index (χ3v) is 5.41. The van der Waals surface area contributed by atoms with Gasteiger partial charge >= 0.3 is 0 Å². The van der Waals surface area contributed by atoms with Crippen LogP contribution in [0.25, 0.3) is 0 Å². The summed E-state index contributed by atoms with van der Waals surface area (Å²) in [7, 11) is -3.51. The second-order valence-corrected chi connectivity index (χ2v) is 9.37. The molecule has 0 unspecified atom stereocenters. The monoisotopic (exact) mass is 548 g/mol. The minimum atomic E-state index is -3.51. The molecule has 1 aliphatic rings. The number of hydrogen-bond donors (Lipinski definition) is 4. The molecule has 0 spiro atoms. The van der Waals surface area contributed by atoms with E-state index in [1.807, 2.05) is 0 Å². The van der Waals surface area contributed by atoms with Crippen LogP contribution in [0.3, 0.4) is 0 Å². The van der Waals surface area contributed by atoms with E-state index in [1.54, 1.807) is 4.90 Å². The summed E-state index contributed by atoms with van der Waals surface area (Å²) in [6.45, 7) is 2.38. The highest BCUT2D eigenvalue weighted by molar-refractivity contribution is 9.10. The molecule has 0 bridgehead atoms. The number of aromatic nitrogens is 2. The minimum Gasteiger partial charge on any atom is -0.409 e. The van der Waals surface area contributed by atoms with Crippen molar-refractivity contribution in [2.75, 3.05) is 56.3 Å². The highest BCUT2D eigenvalue weighted by atomic mass is 79.9. The number of benzene rings is 1. The van der Waals surface area contributed by atoms with Crippen LogP contribution < -0.4 is 15.4 Å². The van der Waals surface area contributed by atoms with Crippen molar-refractivity contribution in [1.82, 2.24) is 19.9 Å². The fraction of sp³-hybridized carbons (Fsp3) is 0.412. The number of morpholine rings is 1. The first-order chi connectivity index (χ1) is 15.8. The summed E-state index contributed by atoms with van der Waals surface area (Å²) in [5, 5.41) is 25.8. The van der Waals surface area contributed by atoms with Crippen LogP contribution in [-0.4, -0.2) is 86.3 Å². The van der Waals surface area contributed by atoms with Crippen LogP contribution in [0.1, 0.15) is 5.69 Å². The maximum Gasteiger partial charge on any atom is 0.232 e. The van der Waals surface area contributed by atoms with Gasteiger partial charge in [-0.2, -0.15) is 0 Å². The maximum absolute atomic E-state index is 13.4. The van der Waals surface area contributed by atoms with Crippen molar-refractivity contribution >= 4 is 49.3 Å². The van der Waals surface area contributed by atoms with Gasteiger partial charge in [0.1, 0.15) is 5.82 Å². The highest BCUT2D eigenvalue weighted by Gasteiger charge is 2.19. The molecule has 16 heteroatoms. The molecule has 0 atom stereocenters. The van der Waals surface area contributed by atoms with Crippen molar-refractivity contribution in [2.45, 2.75) is 0 Å². The third kappa shape index (κ3) is 7.26. The lowest BCUT2D eigenvalue weighted by Crippen LogP contribution is -2.49. The van der Waals surface area contributed by atoms with Crippen molar-refractivity contribution in [1.29, 1.82) is 0 Å². The molecule has 2 heterocycles. The molecule has 1 fully saturated rings. The summed E-state index contributed by atoms with van der Waals surface area (Å²) in [4.78, 5) is 6.12. The zero-order chi connectivity index (χ0) is 23.8. The number of nitrogens with zero attached hydrogens (tertiary/aromatic N) is 5. The lowest BCUT2D eigenvalue weighted by molar-refractivity contribution is 0.0670. The van der Waals surface area contributed by atoms with Crippen LogP contribution >= 0.6 is 15.9 Å². The molecule has 33 heavy (non-hydrogen) atoms. The van der Waals surface area contributed by atoms with Crippen molar-refractivity contribution < 1.29 is 27.4 Å². The van der Waals surface area contributed by atoms with E-state index in [0.717, 1.165) is 6.26 Å².